The van der Waals surface area contributed by atoms with Crippen LogP contribution in [0.2, 0.25) is 0 Å². The normalized spacial score (nSPS) is 14.8. The first-order chi connectivity index (χ1) is 12.9. The molecule has 7 heteroatoms. The van der Waals surface area contributed by atoms with E-state index >= 15 is 0 Å². The second-order valence-electron chi connectivity index (χ2n) is 7.81. The zero-order chi connectivity index (χ0) is 19.4. The number of aromatic amines is 1. The van der Waals surface area contributed by atoms with Gasteiger partial charge in [-0.15, -0.1) is 0 Å². The molecule has 0 saturated carbocycles. The molecule has 1 aromatic carbocycles. The van der Waals surface area contributed by atoms with Gasteiger partial charge in [-0.1, -0.05) is 31.2 Å². The third-order valence-electron chi connectivity index (χ3n) is 5.32. The number of hydrogen-bond donors (Lipinski definition) is 2. The Bertz CT molecular complexity index is 854. The van der Waals surface area contributed by atoms with Crippen LogP contribution in [0.3, 0.4) is 0 Å². The lowest BCUT2D eigenvalue weighted by Gasteiger charge is -2.41. The summed E-state index contributed by atoms with van der Waals surface area (Å²) in [5.74, 6) is 0.805. The first-order valence-corrected chi connectivity index (χ1v) is 10.0. The number of benzene rings is 1. The van der Waals surface area contributed by atoms with Crippen molar-refractivity contribution in [2.45, 2.75) is 58.7 Å². The highest BCUT2D eigenvalue weighted by molar-refractivity contribution is 7.71. The van der Waals surface area contributed by atoms with Gasteiger partial charge in [0.05, 0.1) is 0 Å². The third-order valence-corrected chi connectivity index (χ3v) is 5.63. The van der Waals surface area contributed by atoms with E-state index in [2.05, 4.69) is 65.5 Å². The molecule has 0 radical (unpaired) electrons. The predicted molar refractivity (Wildman–Crippen MR) is 109 cm³/mol. The highest BCUT2D eigenvalue weighted by atomic mass is 32.1. The van der Waals surface area contributed by atoms with Crippen molar-refractivity contribution < 1.29 is 4.79 Å². The van der Waals surface area contributed by atoms with Crippen LogP contribution in [0.4, 0.5) is 0 Å². The molecule has 2 aromatic rings. The summed E-state index contributed by atoms with van der Waals surface area (Å²) in [6.07, 6.45) is 2.82. The summed E-state index contributed by atoms with van der Waals surface area (Å²) < 4.78 is 2.29. The monoisotopic (exact) mass is 387 g/mol. The zero-order valence-corrected chi connectivity index (χ0v) is 17.2. The van der Waals surface area contributed by atoms with Crippen LogP contribution in [0.25, 0.3) is 0 Å². The van der Waals surface area contributed by atoms with E-state index in [0.29, 0.717) is 11.3 Å². The molecule has 2 heterocycles. The van der Waals surface area contributed by atoms with Gasteiger partial charge in [0.15, 0.2) is 4.77 Å². The Hall–Kier alpha value is -1.99. The van der Waals surface area contributed by atoms with E-state index in [-0.39, 0.29) is 18.0 Å². The Morgan fingerprint density at radius 3 is 2.81 bits per heavy atom. The first-order valence-electron chi connectivity index (χ1n) is 9.63. The molecule has 0 bridgehead atoms. The van der Waals surface area contributed by atoms with Crippen LogP contribution in [0.15, 0.2) is 24.3 Å². The van der Waals surface area contributed by atoms with Gasteiger partial charge in [-0.05, 0) is 50.0 Å². The van der Waals surface area contributed by atoms with Gasteiger partial charge in [0.1, 0.15) is 12.4 Å². The van der Waals surface area contributed by atoms with Crippen LogP contribution in [0.5, 0.6) is 0 Å². The van der Waals surface area contributed by atoms with Crippen LogP contribution in [0.1, 0.15) is 44.1 Å². The summed E-state index contributed by atoms with van der Waals surface area (Å²) in [6.45, 7) is 9.20. The van der Waals surface area contributed by atoms with Crippen molar-refractivity contribution >= 4 is 18.1 Å². The fourth-order valence-corrected chi connectivity index (χ4v) is 3.78. The van der Waals surface area contributed by atoms with Gasteiger partial charge in [0.25, 0.3) is 0 Å². The van der Waals surface area contributed by atoms with E-state index in [4.69, 9.17) is 12.2 Å². The molecule has 1 aromatic heterocycles. The maximum absolute atomic E-state index is 12.5. The molecule has 1 amide bonds. The quantitative estimate of drug-likeness (QED) is 0.717. The first kappa shape index (κ1) is 19.8. The standard InChI is InChI=1S/C20H29N5OS/c1-4-7-17-22-23-19(27)25(17)13-18(26)21-14-20(2,3)24-11-10-15-8-5-6-9-16(15)12-24/h5-6,8-9H,4,7,10-14H2,1-3H3,(H,21,26)(H,23,27). The number of H-pyrrole nitrogens is 1. The predicted octanol–water partition coefficient (Wildman–Crippen LogP) is 2.85. The molecule has 146 valence electrons. The maximum Gasteiger partial charge on any atom is 0.240 e. The van der Waals surface area contributed by atoms with E-state index in [9.17, 15) is 4.79 Å². The number of fused-ring (bicyclic) bond motifs is 1. The molecule has 0 fully saturated rings. The average Bonchev–Trinajstić information content (AvgIpc) is 3.00. The van der Waals surface area contributed by atoms with Crippen molar-refractivity contribution in [2.24, 2.45) is 0 Å². The highest BCUT2D eigenvalue weighted by Crippen LogP contribution is 2.24. The number of amides is 1. The Kier molecular flexibility index (Phi) is 6.11. The fourth-order valence-electron chi connectivity index (χ4n) is 3.57. The average molecular weight is 388 g/mol. The molecule has 1 aliphatic rings. The van der Waals surface area contributed by atoms with Gasteiger partial charge >= 0.3 is 0 Å². The fraction of sp³-hybridized carbons (Fsp3) is 0.550. The second-order valence-corrected chi connectivity index (χ2v) is 8.20. The lowest BCUT2D eigenvalue weighted by molar-refractivity contribution is -0.122. The molecule has 1 aliphatic heterocycles. The summed E-state index contributed by atoms with van der Waals surface area (Å²) in [5.41, 5.74) is 2.70. The number of carbonyl (C=O) groups is 1. The lowest BCUT2D eigenvalue weighted by atomic mass is 9.94. The lowest BCUT2D eigenvalue weighted by Crippen LogP contribution is -2.53. The molecule has 0 saturated heterocycles. The van der Waals surface area contributed by atoms with E-state index in [1.54, 1.807) is 4.57 Å². The molecule has 6 nitrogen and oxygen atoms in total. The molecule has 27 heavy (non-hydrogen) atoms. The molecular weight excluding hydrogens is 358 g/mol. The van der Waals surface area contributed by atoms with Crippen molar-refractivity contribution in [3.8, 4) is 0 Å². The van der Waals surface area contributed by atoms with E-state index < -0.39 is 0 Å². The van der Waals surface area contributed by atoms with Gasteiger partial charge in [0.2, 0.25) is 5.91 Å². The zero-order valence-electron chi connectivity index (χ0n) is 16.4. The van der Waals surface area contributed by atoms with Gasteiger partial charge in [-0.3, -0.25) is 19.4 Å². The number of nitrogens with zero attached hydrogens (tertiary/aromatic N) is 3. The SMILES string of the molecule is CCCc1n[nH]c(=S)n1CC(=O)NCC(C)(C)N1CCc2ccccc2C1. The Balaban J connectivity index is 1.58. The summed E-state index contributed by atoms with van der Waals surface area (Å²) in [6, 6.07) is 8.61. The van der Waals surface area contributed by atoms with Crippen LogP contribution in [-0.4, -0.2) is 44.2 Å². The summed E-state index contributed by atoms with van der Waals surface area (Å²) >= 11 is 5.26. The van der Waals surface area contributed by atoms with E-state index in [0.717, 1.165) is 38.2 Å². The smallest absolute Gasteiger partial charge is 0.240 e. The second kappa shape index (κ2) is 8.35. The molecule has 2 N–H and O–H groups in total. The number of rotatable bonds is 7. The van der Waals surface area contributed by atoms with Crippen molar-refractivity contribution in [1.29, 1.82) is 0 Å². The van der Waals surface area contributed by atoms with Gasteiger partial charge in [0, 0.05) is 31.6 Å². The van der Waals surface area contributed by atoms with Crippen molar-refractivity contribution in [2.75, 3.05) is 13.1 Å². The van der Waals surface area contributed by atoms with Gasteiger partial charge < -0.3 is 5.32 Å². The highest BCUT2D eigenvalue weighted by Gasteiger charge is 2.30. The third kappa shape index (κ3) is 4.65. The maximum atomic E-state index is 12.5. The van der Waals surface area contributed by atoms with Crippen molar-refractivity contribution in [1.82, 2.24) is 25.0 Å². The number of hydrogen-bond acceptors (Lipinski definition) is 4. The van der Waals surface area contributed by atoms with Crippen molar-refractivity contribution in [3.63, 3.8) is 0 Å². The number of aromatic nitrogens is 3. The minimum Gasteiger partial charge on any atom is -0.353 e. The largest absolute Gasteiger partial charge is 0.353 e. The summed E-state index contributed by atoms with van der Waals surface area (Å²) in [7, 11) is 0. The molecule has 0 aliphatic carbocycles. The number of carbonyl (C=O) groups excluding carboxylic acids is 1. The number of nitrogens with one attached hydrogen (secondary N) is 2. The summed E-state index contributed by atoms with van der Waals surface area (Å²) in [5, 5.41) is 10.1. The Morgan fingerprint density at radius 1 is 1.33 bits per heavy atom. The molecule has 0 unspecified atom stereocenters. The van der Waals surface area contributed by atoms with Crippen LogP contribution in [-0.2, 0) is 30.7 Å². The molecule has 0 spiro atoms. The Morgan fingerprint density at radius 2 is 2.07 bits per heavy atom. The summed E-state index contributed by atoms with van der Waals surface area (Å²) in [4.78, 5) is 15.0. The Labute approximate surface area is 166 Å². The van der Waals surface area contributed by atoms with Crippen LogP contribution in [0, 0.1) is 4.77 Å². The van der Waals surface area contributed by atoms with Gasteiger partial charge in [-0.2, -0.15) is 5.10 Å². The minimum atomic E-state index is -0.118. The number of aryl methyl sites for hydroxylation is 1. The topological polar surface area (TPSA) is 66.0 Å². The molecular formula is C20H29N5OS. The molecule has 3 rings (SSSR count). The van der Waals surface area contributed by atoms with Crippen LogP contribution >= 0.6 is 12.2 Å². The van der Waals surface area contributed by atoms with E-state index in [1.165, 1.54) is 11.1 Å². The van der Waals surface area contributed by atoms with Crippen molar-refractivity contribution in [3.05, 3.63) is 46.0 Å². The van der Waals surface area contributed by atoms with Crippen LogP contribution < -0.4 is 5.32 Å². The van der Waals surface area contributed by atoms with Gasteiger partial charge in [-0.25, -0.2) is 0 Å². The van der Waals surface area contributed by atoms with E-state index in [1.807, 2.05) is 0 Å². The minimum absolute atomic E-state index is 0.0321. The molecule has 0 atom stereocenters.